The lowest BCUT2D eigenvalue weighted by Gasteiger charge is -2.32. The molecule has 0 saturated carbocycles. The maximum Gasteiger partial charge on any atom is 0.259 e. The molecule has 0 aromatic carbocycles. The van der Waals surface area contributed by atoms with Gasteiger partial charge < -0.3 is 14.4 Å². The molecule has 2 heterocycles. The van der Waals surface area contributed by atoms with Crippen molar-refractivity contribution in [3.63, 3.8) is 0 Å². The summed E-state index contributed by atoms with van der Waals surface area (Å²) in [6.07, 6.45) is 1.49. The molecule has 18 heavy (non-hydrogen) atoms. The van der Waals surface area contributed by atoms with Crippen LogP contribution in [0.4, 0.5) is 0 Å². The summed E-state index contributed by atoms with van der Waals surface area (Å²) in [5.41, 5.74) is 0.468. The van der Waals surface area contributed by atoms with Crippen LogP contribution in [-0.2, 0) is 4.74 Å². The highest BCUT2D eigenvalue weighted by Crippen LogP contribution is 2.18. The number of pyridine rings is 1. The molecule has 0 bridgehead atoms. The first-order chi connectivity index (χ1) is 8.76. The Balaban J connectivity index is 2.15. The van der Waals surface area contributed by atoms with Gasteiger partial charge in [0.1, 0.15) is 5.56 Å². The molecule has 2 rings (SSSR count). The summed E-state index contributed by atoms with van der Waals surface area (Å²) in [5.74, 6) is 0.628. The van der Waals surface area contributed by atoms with E-state index < -0.39 is 0 Å². The first-order valence-electron chi connectivity index (χ1n) is 5.72. The third-order valence-corrected chi connectivity index (χ3v) is 3.14. The standard InChI is InChI=1S/C12H15ClN2O3/c1-17-11-10(3-2-4-14-11)12(16)15-5-6-18-9(7-13)8-15/h2-4,9H,5-8H2,1H3. The number of halogens is 1. The normalized spacial score (nSPS) is 19.7. The van der Waals surface area contributed by atoms with E-state index >= 15 is 0 Å². The van der Waals surface area contributed by atoms with Gasteiger partial charge in [-0.15, -0.1) is 11.6 Å². The van der Waals surface area contributed by atoms with Crippen molar-refractivity contribution in [2.75, 3.05) is 32.7 Å². The van der Waals surface area contributed by atoms with E-state index in [4.69, 9.17) is 21.1 Å². The van der Waals surface area contributed by atoms with Crippen LogP contribution < -0.4 is 4.74 Å². The molecule has 5 nitrogen and oxygen atoms in total. The Kier molecular flexibility index (Phi) is 4.38. The minimum absolute atomic E-state index is 0.0987. The molecule has 0 N–H and O–H groups in total. The third-order valence-electron chi connectivity index (χ3n) is 2.79. The molecule has 1 aromatic rings. The molecule has 1 amide bonds. The number of hydrogen-bond acceptors (Lipinski definition) is 4. The molecule has 0 radical (unpaired) electrons. The van der Waals surface area contributed by atoms with E-state index in [2.05, 4.69) is 4.98 Å². The smallest absolute Gasteiger partial charge is 0.259 e. The highest BCUT2D eigenvalue weighted by atomic mass is 35.5. The van der Waals surface area contributed by atoms with Gasteiger partial charge in [-0.2, -0.15) is 0 Å². The summed E-state index contributed by atoms with van der Waals surface area (Å²) >= 11 is 5.75. The number of aromatic nitrogens is 1. The number of alkyl halides is 1. The minimum Gasteiger partial charge on any atom is -0.480 e. The molecule has 98 valence electrons. The number of rotatable bonds is 3. The van der Waals surface area contributed by atoms with Gasteiger partial charge in [-0.1, -0.05) is 0 Å². The summed E-state index contributed by atoms with van der Waals surface area (Å²) < 4.78 is 10.5. The number of nitrogens with zero attached hydrogens (tertiary/aromatic N) is 2. The third kappa shape index (κ3) is 2.73. The predicted molar refractivity (Wildman–Crippen MR) is 67.2 cm³/mol. The zero-order chi connectivity index (χ0) is 13.0. The lowest BCUT2D eigenvalue weighted by molar-refractivity contribution is -0.0109. The number of ether oxygens (including phenoxy) is 2. The highest BCUT2D eigenvalue weighted by Gasteiger charge is 2.26. The molecule has 0 aliphatic carbocycles. The molecule has 6 heteroatoms. The van der Waals surface area contributed by atoms with Crippen LogP contribution in [0.3, 0.4) is 0 Å². The number of amides is 1. The summed E-state index contributed by atoms with van der Waals surface area (Å²) in [5, 5.41) is 0. The van der Waals surface area contributed by atoms with Gasteiger partial charge in [0.25, 0.3) is 5.91 Å². The Morgan fingerprint density at radius 3 is 3.28 bits per heavy atom. The van der Waals surface area contributed by atoms with Gasteiger partial charge in [-0.05, 0) is 12.1 Å². The van der Waals surface area contributed by atoms with E-state index in [1.165, 1.54) is 7.11 Å². The second-order valence-corrected chi connectivity index (χ2v) is 4.27. The predicted octanol–water partition coefficient (Wildman–Crippen LogP) is 1.17. The molecule has 1 aliphatic heterocycles. The number of carbonyl (C=O) groups excluding carboxylic acids is 1. The molecule has 1 aromatic heterocycles. The van der Waals surface area contributed by atoms with E-state index in [0.29, 0.717) is 37.0 Å². The number of methoxy groups -OCH3 is 1. The maximum atomic E-state index is 12.3. The fourth-order valence-electron chi connectivity index (χ4n) is 1.88. The van der Waals surface area contributed by atoms with Crippen molar-refractivity contribution in [2.45, 2.75) is 6.10 Å². The van der Waals surface area contributed by atoms with Crippen molar-refractivity contribution < 1.29 is 14.3 Å². The fourth-order valence-corrected chi connectivity index (χ4v) is 2.07. The quantitative estimate of drug-likeness (QED) is 0.774. The van der Waals surface area contributed by atoms with Gasteiger partial charge in [-0.3, -0.25) is 4.79 Å². The van der Waals surface area contributed by atoms with Crippen molar-refractivity contribution in [3.05, 3.63) is 23.9 Å². The first kappa shape index (κ1) is 13.1. The molecular weight excluding hydrogens is 256 g/mol. The zero-order valence-electron chi connectivity index (χ0n) is 10.1. The van der Waals surface area contributed by atoms with Crippen LogP contribution in [0.5, 0.6) is 5.88 Å². The first-order valence-corrected chi connectivity index (χ1v) is 6.25. The molecule has 1 aliphatic rings. The van der Waals surface area contributed by atoms with Gasteiger partial charge >= 0.3 is 0 Å². The van der Waals surface area contributed by atoms with Gasteiger partial charge in [0.15, 0.2) is 0 Å². The van der Waals surface area contributed by atoms with Crippen LogP contribution in [0.1, 0.15) is 10.4 Å². The van der Waals surface area contributed by atoms with Gasteiger partial charge in [0, 0.05) is 19.3 Å². The monoisotopic (exact) mass is 270 g/mol. The topological polar surface area (TPSA) is 51.7 Å². The van der Waals surface area contributed by atoms with Crippen LogP contribution in [0.15, 0.2) is 18.3 Å². The molecular formula is C12H15ClN2O3. The van der Waals surface area contributed by atoms with E-state index in [9.17, 15) is 4.79 Å². The molecule has 1 unspecified atom stereocenters. The van der Waals surface area contributed by atoms with Crippen molar-refractivity contribution in [3.8, 4) is 5.88 Å². The lowest BCUT2D eigenvalue weighted by Crippen LogP contribution is -2.46. The summed E-state index contributed by atoms with van der Waals surface area (Å²) in [4.78, 5) is 18.1. The van der Waals surface area contributed by atoms with Crippen molar-refractivity contribution in [1.82, 2.24) is 9.88 Å². The average molecular weight is 271 g/mol. The Hall–Kier alpha value is -1.33. The Labute approximate surface area is 111 Å². The zero-order valence-corrected chi connectivity index (χ0v) is 10.9. The fraction of sp³-hybridized carbons (Fsp3) is 0.500. The van der Waals surface area contributed by atoms with Crippen molar-refractivity contribution >= 4 is 17.5 Å². The minimum atomic E-state index is -0.105. The van der Waals surface area contributed by atoms with Crippen LogP contribution in [0.2, 0.25) is 0 Å². The molecule has 1 fully saturated rings. The summed E-state index contributed by atoms with van der Waals surface area (Å²) in [6.45, 7) is 1.57. The number of hydrogen-bond donors (Lipinski definition) is 0. The van der Waals surface area contributed by atoms with E-state index in [0.717, 1.165) is 0 Å². The van der Waals surface area contributed by atoms with E-state index in [-0.39, 0.29) is 12.0 Å². The number of carbonyl (C=O) groups is 1. The van der Waals surface area contributed by atoms with Crippen molar-refractivity contribution in [1.29, 1.82) is 0 Å². The maximum absolute atomic E-state index is 12.3. The Morgan fingerprint density at radius 1 is 1.72 bits per heavy atom. The SMILES string of the molecule is COc1ncccc1C(=O)N1CCOC(CCl)C1. The van der Waals surface area contributed by atoms with Crippen LogP contribution >= 0.6 is 11.6 Å². The largest absolute Gasteiger partial charge is 0.480 e. The van der Waals surface area contributed by atoms with Gasteiger partial charge in [0.05, 0.1) is 25.7 Å². The lowest BCUT2D eigenvalue weighted by atomic mass is 10.2. The molecule has 1 saturated heterocycles. The Bertz CT molecular complexity index is 428. The van der Waals surface area contributed by atoms with E-state index in [1.807, 2.05) is 0 Å². The van der Waals surface area contributed by atoms with Gasteiger partial charge in [-0.25, -0.2) is 4.98 Å². The summed E-state index contributed by atoms with van der Waals surface area (Å²) in [6, 6.07) is 3.43. The molecule has 1 atom stereocenters. The number of morpholine rings is 1. The van der Waals surface area contributed by atoms with Crippen LogP contribution in [0.25, 0.3) is 0 Å². The van der Waals surface area contributed by atoms with Crippen molar-refractivity contribution in [2.24, 2.45) is 0 Å². The second-order valence-electron chi connectivity index (χ2n) is 3.96. The average Bonchev–Trinajstić information content (AvgIpc) is 2.46. The van der Waals surface area contributed by atoms with E-state index in [1.54, 1.807) is 23.2 Å². The molecule has 0 spiro atoms. The van der Waals surface area contributed by atoms with Crippen LogP contribution in [0, 0.1) is 0 Å². The summed E-state index contributed by atoms with van der Waals surface area (Å²) in [7, 11) is 1.50. The highest BCUT2D eigenvalue weighted by molar-refractivity contribution is 6.18. The van der Waals surface area contributed by atoms with Crippen LogP contribution in [-0.4, -0.2) is 54.6 Å². The van der Waals surface area contributed by atoms with Gasteiger partial charge in [0.2, 0.25) is 5.88 Å². The second kappa shape index (κ2) is 6.02. The Morgan fingerprint density at radius 2 is 2.56 bits per heavy atom.